The molecule has 0 aromatic carbocycles. The van der Waals surface area contributed by atoms with Gasteiger partial charge in [0.1, 0.15) is 5.69 Å². The minimum atomic E-state index is -0.530. The van der Waals surface area contributed by atoms with Crippen molar-refractivity contribution in [2.24, 2.45) is 0 Å². The van der Waals surface area contributed by atoms with Gasteiger partial charge in [-0.3, -0.25) is 14.9 Å². The first-order valence-electron chi connectivity index (χ1n) is 5.59. The fourth-order valence-corrected chi connectivity index (χ4v) is 1.53. The number of nitrogens with one attached hydrogen (secondary N) is 1. The van der Waals surface area contributed by atoms with E-state index in [0.717, 1.165) is 6.42 Å². The topological polar surface area (TPSA) is 101 Å². The van der Waals surface area contributed by atoms with Crippen molar-refractivity contribution >= 4 is 11.6 Å². The molecule has 1 N–H and O–H groups in total. The summed E-state index contributed by atoms with van der Waals surface area (Å²) in [6, 6.07) is 3.16. The van der Waals surface area contributed by atoms with Crippen LogP contribution in [-0.2, 0) is 6.54 Å². The Bertz CT molecular complexity index is 487. The Morgan fingerprint density at radius 3 is 2.94 bits per heavy atom. The number of rotatable bonds is 6. The van der Waals surface area contributed by atoms with Gasteiger partial charge in [0.15, 0.2) is 0 Å². The van der Waals surface area contributed by atoms with Crippen molar-refractivity contribution in [3.8, 4) is 6.07 Å². The van der Waals surface area contributed by atoms with Crippen molar-refractivity contribution in [2.75, 3.05) is 6.54 Å². The number of nitro groups is 1. The van der Waals surface area contributed by atoms with Gasteiger partial charge in [0.05, 0.1) is 23.6 Å². The molecule has 0 radical (unpaired) electrons. The molecule has 0 spiro atoms. The van der Waals surface area contributed by atoms with E-state index in [1.54, 1.807) is 4.57 Å². The van der Waals surface area contributed by atoms with Gasteiger partial charge in [-0.15, -0.1) is 0 Å². The maximum Gasteiger partial charge on any atom is 0.287 e. The quantitative estimate of drug-likeness (QED) is 0.469. The number of hydrogen-bond acceptors (Lipinski definition) is 4. The van der Waals surface area contributed by atoms with Crippen molar-refractivity contribution in [1.29, 1.82) is 5.26 Å². The monoisotopic (exact) mass is 250 g/mol. The largest absolute Gasteiger partial charge is 0.350 e. The Balaban J connectivity index is 2.88. The van der Waals surface area contributed by atoms with Gasteiger partial charge in [-0.05, 0) is 6.42 Å². The van der Waals surface area contributed by atoms with Gasteiger partial charge in [0, 0.05) is 19.2 Å². The molecule has 1 rings (SSSR count). The molecule has 1 heterocycles. The molecule has 0 unspecified atom stereocenters. The van der Waals surface area contributed by atoms with E-state index in [0.29, 0.717) is 6.54 Å². The average molecular weight is 250 g/mol. The van der Waals surface area contributed by atoms with Gasteiger partial charge in [0.25, 0.3) is 11.6 Å². The summed E-state index contributed by atoms with van der Waals surface area (Å²) in [5.41, 5.74) is 0.148. The number of hydrogen-bond donors (Lipinski definition) is 1. The highest BCUT2D eigenvalue weighted by Crippen LogP contribution is 2.16. The van der Waals surface area contributed by atoms with Crippen LogP contribution in [0, 0.1) is 21.4 Å². The van der Waals surface area contributed by atoms with Gasteiger partial charge in [-0.1, -0.05) is 6.92 Å². The summed E-state index contributed by atoms with van der Waals surface area (Å²) in [6.07, 6.45) is 2.33. The molecule has 18 heavy (non-hydrogen) atoms. The molecule has 0 saturated heterocycles. The zero-order valence-electron chi connectivity index (χ0n) is 10.0. The molecule has 0 atom stereocenters. The lowest BCUT2D eigenvalue weighted by Gasteiger charge is -2.06. The van der Waals surface area contributed by atoms with E-state index in [4.69, 9.17) is 5.26 Å². The number of nitrogens with zero attached hydrogens (tertiary/aromatic N) is 3. The predicted molar refractivity (Wildman–Crippen MR) is 63.9 cm³/mol. The van der Waals surface area contributed by atoms with Crippen molar-refractivity contribution in [3.05, 3.63) is 28.1 Å². The first kappa shape index (κ1) is 13.7. The Morgan fingerprint density at radius 2 is 2.39 bits per heavy atom. The lowest BCUT2D eigenvalue weighted by atomic mass is 10.3. The molecule has 0 fully saturated rings. The second-order valence-electron chi connectivity index (χ2n) is 3.70. The molecule has 1 aromatic heterocycles. The summed E-state index contributed by atoms with van der Waals surface area (Å²) in [4.78, 5) is 21.9. The number of amides is 1. The van der Waals surface area contributed by atoms with Gasteiger partial charge in [0.2, 0.25) is 0 Å². The lowest BCUT2D eigenvalue weighted by Crippen LogP contribution is -2.26. The summed E-state index contributed by atoms with van der Waals surface area (Å²) in [5.74, 6) is -0.396. The van der Waals surface area contributed by atoms with Gasteiger partial charge >= 0.3 is 0 Å². The smallest absolute Gasteiger partial charge is 0.287 e. The predicted octanol–water partition coefficient (Wildman–Crippen LogP) is 1.45. The lowest BCUT2D eigenvalue weighted by molar-refractivity contribution is -0.384. The van der Waals surface area contributed by atoms with Crippen LogP contribution in [0.15, 0.2) is 12.3 Å². The summed E-state index contributed by atoms with van der Waals surface area (Å²) in [6.45, 7) is 2.69. The Kier molecular flexibility index (Phi) is 4.87. The SMILES string of the molecule is CCCn1cc([N+](=O)[O-])cc1C(=O)NCCC#N. The first-order chi connectivity index (χ1) is 8.60. The zero-order chi connectivity index (χ0) is 13.5. The van der Waals surface area contributed by atoms with Crippen molar-refractivity contribution in [1.82, 2.24) is 9.88 Å². The van der Waals surface area contributed by atoms with E-state index in [1.807, 2.05) is 13.0 Å². The highest BCUT2D eigenvalue weighted by Gasteiger charge is 2.18. The van der Waals surface area contributed by atoms with Crippen LogP contribution in [0.2, 0.25) is 0 Å². The molecular formula is C11H14N4O3. The van der Waals surface area contributed by atoms with E-state index >= 15 is 0 Å². The minimum Gasteiger partial charge on any atom is -0.350 e. The molecule has 0 bridgehead atoms. The van der Waals surface area contributed by atoms with E-state index in [2.05, 4.69) is 5.32 Å². The molecular weight excluding hydrogens is 236 g/mol. The third-order valence-corrected chi connectivity index (χ3v) is 2.31. The van der Waals surface area contributed by atoms with Crippen molar-refractivity contribution < 1.29 is 9.72 Å². The van der Waals surface area contributed by atoms with E-state index in [9.17, 15) is 14.9 Å². The Morgan fingerprint density at radius 1 is 1.67 bits per heavy atom. The second-order valence-corrected chi connectivity index (χ2v) is 3.70. The normalized spacial score (nSPS) is 9.78. The third kappa shape index (κ3) is 3.31. The molecule has 7 nitrogen and oxygen atoms in total. The second kappa shape index (κ2) is 6.39. The maximum absolute atomic E-state index is 11.8. The highest BCUT2D eigenvalue weighted by atomic mass is 16.6. The van der Waals surface area contributed by atoms with Gasteiger partial charge in [-0.25, -0.2) is 0 Å². The summed E-state index contributed by atoms with van der Waals surface area (Å²) in [7, 11) is 0. The average Bonchev–Trinajstić information content (AvgIpc) is 2.74. The summed E-state index contributed by atoms with van der Waals surface area (Å²) >= 11 is 0. The van der Waals surface area contributed by atoms with Crippen LogP contribution in [0.1, 0.15) is 30.3 Å². The van der Waals surface area contributed by atoms with Crippen LogP contribution >= 0.6 is 0 Å². The molecule has 7 heteroatoms. The van der Waals surface area contributed by atoms with Gasteiger partial charge in [-0.2, -0.15) is 5.26 Å². The minimum absolute atomic E-state index is 0.103. The standard InChI is InChI=1S/C11H14N4O3/c1-2-6-14-8-9(15(17)18)7-10(14)11(16)13-5-3-4-12/h7-8H,2-3,5-6H2,1H3,(H,13,16). The van der Waals surface area contributed by atoms with E-state index < -0.39 is 10.8 Å². The number of carbonyl (C=O) groups excluding carboxylic acids is 1. The zero-order valence-corrected chi connectivity index (χ0v) is 10.0. The summed E-state index contributed by atoms with van der Waals surface area (Å²) in [5, 5.41) is 21.6. The van der Waals surface area contributed by atoms with Crippen LogP contribution in [0.5, 0.6) is 0 Å². The van der Waals surface area contributed by atoms with Crippen LogP contribution in [0.3, 0.4) is 0 Å². The Hall–Kier alpha value is -2.36. The van der Waals surface area contributed by atoms with Crippen molar-refractivity contribution in [2.45, 2.75) is 26.3 Å². The number of aromatic nitrogens is 1. The fourth-order valence-electron chi connectivity index (χ4n) is 1.53. The van der Waals surface area contributed by atoms with Gasteiger partial charge < -0.3 is 9.88 Å². The number of carbonyl (C=O) groups is 1. The summed E-state index contributed by atoms with van der Waals surface area (Å²) < 4.78 is 1.56. The fraction of sp³-hybridized carbons (Fsp3) is 0.455. The number of aryl methyl sites for hydroxylation is 1. The van der Waals surface area contributed by atoms with E-state index in [1.165, 1.54) is 12.3 Å². The maximum atomic E-state index is 11.8. The van der Waals surface area contributed by atoms with Crippen LogP contribution in [-0.4, -0.2) is 21.9 Å². The van der Waals surface area contributed by atoms with Crippen LogP contribution in [0.25, 0.3) is 0 Å². The Labute approximate surface area is 104 Å². The molecule has 0 aliphatic heterocycles. The van der Waals surface area contributed by atoms with Crippen molar-refractivity contribution in [3.63, 3.8) is 0 Å². The molecule has 1 aromatic rings. The molecule has 96 valence electrons. The van der Waals surface area contributed by atoms with E-state index in [-0.39, 0.29) is 24.3 Å². The van der Waals surface area contributed by atoms with Crippen LogP contribution < -0.4 is 5.32 Å². The highest BCUT2D eigenvalue weighted by molar-refractivity contribution is 5.93. The molecule has 0 aliphatic carbocycles. The first-order valence-corrected chi connectivity index (χ1v) is 5.59. The third-order valence-electron chi connectivity index (χ3n) is 2.31. The molecule has 0 aliphatic rings. The molecule has 1 amide bonds. The molecule has 0 saturated carbocycles. The number of nitriles is 1. The van der Waals surface area contributed by atoms with Crippen LogP contribution in [0.4, 0.5) is 5.69 Å².